The van der Waals surface area contributed by atoms with Crippen molar-refractivity contribution in [2.24, 2.45) is 0 Å². The maximum atomic E-state index is 6.90. The van der Waals surface area contributed by atoms with Crippen LogP contribution < -0.4 is 0 Å². The molecule has 5 aromatic rings. The summed E-state index contributed by atoms with van der Waals surface area (Å²) < 4.78 is 27.1. The molecule has 1 aliphatic rings. The molecule has 5 aromatic carbocycles. The number of hydrogen-bond acceptors (Lipinski definition) is 6. The summed E-state index contributed by atoms with van der Waals surface area (Å²) in [6.07, 6.45) is -0.844. The third-order valence-electron chi connectivity index (χ3n) is 7.84. The quantitative estimate of drug-likeness (QED) is 0.113. The van der Waals surface area contributed by atoms with E-state index >= 15 is 0 Å². The van der Waals surface area contributed by atoms with Gasteiger partial charge in [0.2, 0.25) is 0 Å². The average Bonchev–Trinajstić information content (AvgIpc) is 3.12. The first-order chi connectivity index (χ1) is 22.8. The van der Waals surface area contributed by atoms with Crippen LogP contribution in [0.15, 0.2) is 157 Å². The highest BCUT2D eigenvalue weighted by Gasteiger charge is 2.48. The van der Waals surface area contributed by atoms with Crippen LogP contribution in [0.3, 0.4) is 0 Å². The molecule has 6 rings (SSSR count). The Hall–Kier alpha value is -3.36. The van der Waals surface area contributed by atoms with Gasteiger partial charge < -0.3 is 18.9 Å². The standard InChI is InChI=1S/C40H40O4S2/c1-6-16-31(17-7-1)26-41-30-36-37(42-27-32-18-8-2-9-19-32)38(43-28-33-20-10-3-11-21-33)39(44-29-34-22-12-4-13-23-34)40(46-36)45-35-24-14-5-15-25-35/h1-25,36-40H,26-30H2/t36-,37-,38+,39-,40+/m1/s1. The Morgan fingerprint density at radius 1 is 0.435 bits per heavy atom. The maximum Gasteiger partial charge on any atom is 0.113 e. The normalized spacial score (nSPS) is 21.2. The van der Waals surface area contributed by atoms with Crippen molar-refractivity contribution in [1.82, 2.24) is 0 Å². The van der Waals surface area contributed by atoms with E-state index in [4.69, 9.17) is 18.9 Å². The van der Waals surface area contributed by atoms with E-state index in [0.29, 0.717) is 33.0 Å². The highest BCUT2D eigenvalue weighted by molar-refractivity contribution is 8.17. The monoisotopic (exact) mass is 648 g/mol. The summed E-state index contributed by atoms with van der Waals surface area (Å²) in [6.45, 7) is 2.51. The lowest BCUT2D eigenvalue weighted by molar-refractivity contribution is -0.154. The summed E-state index contributed by atoms with van der Waals surface area (Å²) in [7, 11) is 0. The fourth-order valence-corrected chi connectivity index (χ4v) is 8.70. The van der Waals surface area contributed by atoms with E-state index in [1.54, 1.807) is 0 Å². The van der Waals surface area contributed by atoms with Crippen molar-refractivity contribution in [2.45, 2.75) is 59.5 Å². The van der Waals surface area contributed by atoms with E-state index < -0.39 is 0 Å². The smallest absolute Gasteiger partial charge is 0.113 e. The van der Waals surface area contributed by atoms with Crippen molar-refractivity contribution in [3.05, 3.63) is 174 Å². The molecule has 1 aliphatic heterocycles. The van der Waals surface area contributed by atoms with E-state index in [0.717, 1.165) is 22.3 Å². The van der Waals surface area contributed by atoms with Crippen molar-refractivity contribution in [1.29, 1.82) is 0 Å². The van der Waals surface area contributed by atoms with Gasteiger partial charge in [-0.25, -0.2) is 0 Å². The van der Waals surface area contributed by atoms with Gasteiger partial charge in [-0.1, -0.05) is 140 Å². The number of ether oxygens (including phenoxy) is 4. The lowest BCUT2D eigenvalue weighted by atomic mass is 10.0. The lowest BCUT2D eigenvalue weighted by Gasteiger charge is -2.45. The zero-order valence-electron chi connectivity index (χ0n) is 25.8. The van der Waals surface area contributed by atoms with Gasteiger partial charge in [0.1, 0.15) is 18.3 Å². The molecule has 0 unspecified atom stereocenters. The summed E-state index contributed by atoms with van der Waals surface area (Å²) in [5.41, 5.74) is 4.53. The molecule has 1 fully saturated rings. The van der Waals surface area contributed by atoms with Gasteiger partial charge in [0.25, 0.3) is 0 Å². The van der Waals surface area contributed by atoms with Gasteiger partial charge in [-0.05, 0) is 34.4 Å². The molecule has 0 bridgehead atoms. The maximum absolute atomic E-state index is 6.90. The van der Waals surface area contributed by atoms with Gasteiger partial charge in [0.05, 0.1) is 42.9 Å². The van der Waals surface area contributed by atoms with Crippen LogP contribution in [0, 0.1) is 0 Å². The largest absolute Gasteiger partial charge is 0.376 e. The second-order valence-corrected chi connectivity index (χ2v) is 14.2. The van der Waals surface area contributed by atoms with Crippen molar-refractivity contribution < 1.29 is 18.9 Å². The predicted molar refractivity (Wildman–Crippen MR) is 189 cm³/mol. The van der Waals surface area contributed by atoms with E-state index in [2.05, 4.69) is 127 Å². The minimum Gasteiger partial charge on any atom is -0.376 e. The van der Waals surface area contributed by atoms with Gasteiger partial charge in [-0.3, -0.25) is 0 Å². The van der Waals surface area contributed by atoms with Crippen LogP contribution in [0.25, 0.3) is 0 Å². The average molecular weight is 649 g/mol. The van der Waals surface area contributed by atoms with E-state index in [1.165, 1.54) is 4.90 Å². The van der Waals surface area contributed by atoms with Crippen LogP contribution >= 0.6 is 23.5 Å². The molecular formula is C40H40O4S2. The van der Waals surface area contributed by atoms with Crippen molar-refractivity contribution in [3.8, 4) is 0 Å². The molecular weight excluding hydrogens is 609 g/mol. The van der Waals surface area contributed by atoms with Gasteiger partial charge >= 0.3 is 0 Å². The number of benzene rings is 5. The number of hydrogen-bond donors (Lipinski definition) is 0. The zero-order valence-corrected chi connectivity index (χ0v) is 27.4. The topological polar surface area (TPSA) is 36.9 Å². The fraction of sp³-hybridized carbons (Fsp3) is 0.250. The SMILES string of the molecule is c1ccc(COC[C@H]2S[C@H](Sc3ccccc3)[C@H](OCc3ccccc3)[C@@H](OCc3ccccc3)[C@@H]2OCc2ccccc2)cc1. The molecule has 0 spiro atoms. The fourth-order valence-electron chi connectivity index (χ4n) is 5.48. The highest BCUT2D eigenvalue weighted by atomic mass is 32.2. The Morgan fingerprint density at radius 3 is 1.30 bits per heavy atom. The van der Waals surface area contributed by atoms with Crippen LogP contribution in [-0.2, 0) is 45.4 Å². The molecule has 0 radical (unpaired) electrons. The predicted octanol–water partition coefficient (Wildman–Crippen LogP) is 9.19. The van der Waals surface area contributed by atoms with Crippen molar-refractivity contribution >= 4 is 23.5 Å². The van der Waals surface area contributed by atoms with Crippen LogP contribution in [0.4, 0.5) is 0 Å². The minimum atomic E-state index is -0.333. The highest BCUT2D eigenvalue weighted by Crippen LogP contribution is 2.46. The van der Waals surface area contributed by atoms with E-state index in [9.17, 15) is 0 Å². The van der Waals surface area contributed by atoms with Crippen LogP contribution in [0.5, 0.6) is 0 Å². The summed E-state index contributed by atoms with van der Waals surface area (Å²) in [5, 5.41) is 0.0194. The molecule has 46 heavy (non-hydrogen) atoms. The van der Waals surface area contributed by atoms with Gasteiger partial charge in [0, 0.05) is 4.90 Å². The second-order valence-electron chi connectivity index (χ2n) is 11.3. The van der Waals surface area contributed by atoms with Crippen molar-refractivity contribution in [3.63, 3.8) is 0 Å². The summed E-state index contributed by atoms with van der Waals surface area (Å²) in [4.78, 5) is 1.20. The Morgan fingerprint density at radius 2 is 0.826 bits per heavy atom. The van der Waals surface area contributed by atoms with Crippen LogP contribution in [0.2, 0.25) is 0 Å². The first-order valence-corrected chi connectivity index (χ1v) is 17.6. The molecule has 5 atom stereocenters. The van der Waals surface area contributed by atoms with E-state index in [-0.39, 0.29) is 28.1 Å². The number of rotatable bonds is 15. The Bertz CT molecular complexity index is 1540. The summed E-state index contributed by atoms with van der Waals surface area (Å²) >= 11 is 3.71. The van der Waals surface area contributed by atoms with Gasteiger partial charge in [0.15, 0.2) is 0 Å². The molecule has 0 aromatic heterocycles. The van der Waals surface area contributed by atoms with Crippen LogP contribution in [0.1, 0.15) is 22.3 Å². The summed E-state index contributed by atoms with van der Waals surface area (Å²) in [6, 6.07) is 52.0. The molecule has 0 aliphatic carbocycles. The molecule has 0 saturated carbocycles. The second kappa shape index (κ2) is 17.5. The first kappa shape index (κ1) is 32.6. The Balaban J connectivity index is 1.31. The third kappa shape index (κ3) is 9.58. The molecule has 1 saturated heterocycles. The zero-order chi connectivity index (χ0) is 31.2. The third-order valence-corrected chi connectivity index (χ3v) is 10.8. The number of thioether (sulfide) groups is 2. The van der Waals surface area contributed by atoms with Crippen molar-refractivity contribution in [2.75, 3.05) is 6.61 Å². The van der Waals surface area contributed by atoms with E-state index in [1.807, 2.05) is 47.8 Å². The summed E-state index contributed by atoms with van der Waals surface area (Å²) in [5.74, 6) is 0. The molecule has 1 heterocycles. The van der Waals surface area contributed by atoms with Crippen LogP contribution in [-0.4, -0.2) is 34.8 Å². The Labute approximate surface area is 281 Å². The van der Waals surface area contributed by atoms with Gasteiger partial charge in [-0.15, -0.1) is 23.5 Å². The first-order valence-electron chi connectivity index (χ1n) is 15.8. The molecule has 6 heteroatoms. The minimum absolute atomic E-state index is 0.0194. The Kier molecular flexibility index (Phi) is 12.4. The molecule has 0 amide bonds. The molecule has 0 N–H and O–H groups in total. The van der Waals surface area contributed by atoms with Gasteiger partial charge in [-0.2, -0.15) is 0 Å². The molecule has 4 nitrogen and oxygen atoms in total. The lowest BCUT2D eigenvalue weighted by Crippen LogP contribution is -2.56. The molecule has 236 valence electrons.